The Hall–Kier alpha value is -3.45. The molecule has 2 aromatic carbocycles. The van der Waals surface area contributed by atoms with Crippen LogP contribution in [-0.2, 0) is 30.5 Å². The molecule has 2 N–H and O–H groups in total. The number of phenols is 2. The van der Waals surface area contributed by atoms with Crippen LogP contribution < -0.4 is 0 Å². The molecule has 0 atom stereocenters. The predicted molar refractivity (Wildman–Crippen MR) is 142 cm³/mol. The summed E-state index contributed by atoms with van der Waals surface area (Å²) in [5, 5.41) is 34.0. The van der Waals surface area contributed by atoms with E-state index in [1.165, 1.54) is 12.1 Å². The summed E-state index contributed by atoms with van der Waals surface area (Å²) in [5.41, 5.74) is 3.70. The molecule has 1 aromatic heterocycles. The fourth-order valence-electron chi connectivity index (χ4n) is 4.39. The third-order valence-electron chi connectivity index (χ3n) is 6.23. The van der Waals surface area contributed by atoms with E-state index in [0.717, 1.165) is 22.4 Å². The van der Waals surface area contributed by atoms with Gasteiger partial charge < -0.3 is 10.2 Å². The molecular formula is C29H37N3O4. The van der Waals surface area contributed by atoms with Crippen molar-refractivity contribution >= 4 is 5.69 Å². The summed E-state index contributed by atoms with van der Waals surface area (Å²) < 4.78 is 0. The lowest BCUT2D eigenvalue weighted by atomic mass is 9.84. The van der Waals surface area contributed by atoms with Gasteiger partial charge in [-0.1, -0.05) is 65.3 Å². The fourth-order valence-corrected chi connectivity index (χ4v) is 4.39. The molecule has 0 saturated carbocycles. The monoisotopic (exact) mass is 491 g/mol. The molecule has 0 aliphatic heterocycles. The van der Waals surface area contributed by atoms with Crippen molar-refractivity contribution in [2.75, 3.05) is 0 Å². The molecule has 192 valence electrons. The average molecular weight is 492 g/mol. The number of nitro groups is 1. The summed E-state index contributed by atoms with van der Waals surface area (Å²) in [7, 11) is 0. The second kappa shape index (κ2) is 10.3. The smallest absolute Gasteiger partial charge is 0.270 e. The molecule has 0 spiro atoms. The highest BCUT2D eigenvalue weighted by atomic mass is 16.6. The molecule has 7 nitrogen and oxygen atoms in total. The van der Waals surface area contributed by atoms with Crippen LogP contribution in [0.15, 0.2) is 48.7 Å². The number of hydrogen-bond acceptors (Lipinski definition) is 6. The van der Waals surface area contributed by atoms with Crippen LogP contribution in [0.4, 0.5) is 5.69 Å². The number of hydrogen-bond donors (Lipinski definition) is 2. The number of nitrogens with zero attached hydrogens (tertiary/aromatic N) is 3. The number of non-ortho nitro benzene ring substituents is 1. The van der Waals surface area contributed by atoms with Crippen LogP contribution in [-0.4, -0.2) is 25.0 Å². The van der Waals surface area contributed by atoms with Gasteiger partial charge in [0.25, 0.3) is 5.69 Å². The maximum Gasteiger partial charge on any atom is 0.270 e. The van der Waals surface area contributed by atoms with Crippen LogP contribution in [0.25, 0.3) is 0 Å². The number of rotatable bonds is 7. The van der Waals surface area contributed by atoms with Gasteiger partial charge in [-0.3, -0.25) is 20.0 Å². The highest BCUT2D eigenvalue weighted by Gasteiger charge is 2.27. The minimum absolute atomic E-state index is 0.0565. The molecule has 0 unspecified atom stereocenters. The zero-order chi connectivity index (χ0) is 26.8. The van der Waals surface area contributed by atoms with E-state index in [2.05, 4.69) is 25.8 Å². The van der Waals surface area contributed by atoms with Crippen molar-refractivity contribution in [2.24, 2.45) is 0 Å². The Bertz CT molecular complexity index is 1240. The lowest BCUT2D eigenvalue weighted by molar-refractivity contribution is -0.385. The molecule has 0 radical (unpaired) electrons. The van der Waals surface area contributed by atoms with Crippen molar-refractivity contribution in [1.29, 1.82) is 0 Å². The minimum Gasteiger partial charge on any atom is -0.507 e. The molecular weight excluding hydrogens is 454 g/mol. The molecule has 3 aromatic rings. The molecule has 3 rings (SSSR count). The van der Waals surface area contributed by atoms with Crippen LogP contribution in [0, 0.1) is 17.0 Å². The van der Waals surface area contributed by atoms with E-state index in [1.807, 2.05) is 62.9 Å². The second-order valence-electron chi connectivity index (χ2n) is 11.5. The van der Waals surface area contributed by atoms with E-state index in [0.29, 0.717) is 24.2 Å². The molecule has 0 saturated heterocycles. The number of phenolic OH excluding ortho intramolecular Hbond substituents is 2. The van der Waals surface area contributed by atoms with Gasteiger partial charge in [0.15, 0.2) is 0 Å². The van der Waals surface area contributed by atoms with E-state index in [4.69, 9.17) is 0 Å². The molecule has 0 bridgehead atoms. The first kappa shape index (κ1) is 27.1. The normalized spacial score (nSPS) is 12.2. The van der Waals surface area contributed by atoms with E-state index in [-0.39, 0.29) is 29.1 Å². The first-order valence-electron chi connectivity index (χ1n) is 12.1. The Kier molecular flexibility index (Phi) is 7.74. The Morgan fingerprint density at radius 2 is 1.42 bits per heavy atom. The summed E-state index contributed by atoms with van der Waals surface area (Å²) in [6, 6.07) is 12.5. The van der Waals surface area contributed by atoms with Gasteiger partial charge in [-0.15, -0.1) is 0 Å². The summed E-state index contributed by atoms with van der Waals surface area (Å²) in [4.78, 5) is 17.7. The Balaban J connectivity index is 2.09. The van der Waals surface area contributed by atoms with Crippen LogP contribution in [0.2, 0.25) is 0 Å². The van der Waals surface area contributed by atoms with Crippen LogP contribution in [0.3, 0.4) is 0 Å². The van der Waals surface area contributed by atoms with E-state index in [9.17, 15) is 20.3 Å². The standard InChI is InChI=1S/C29H37N3O4/c1-19-12-20(26(33)24(13-19)28(2,3)4)16-31(18-22-10-8-9-11-30-22)17-21-14-23(32(35)36)15-25(27(21)34)29(5,6)7/h8-15,33-34H,16-18H2,1-7H3. The first-order valence-corrected chi connectivity index (χ1v) is 12.1. The van der Waals surface area contributed by atoms with Gasteiger partial charge in [-0.25, -0.2) is 0 Å². The van der Waals surface area contributed by atoms with Gasteiger partial charge in [0.1, 0.15) is 11.5 Å². The van der Waals surface area contributed by atoms with Gasteiger partial charge in [0.2, 0.25) is 0 Å². The largest absolute Gasteiger partial charge is 0.507 e. The molecule has 36 heavy (non-hydrogen) atoms. The van der Waals surface area contributed by atoms with Crippen molar-refractivity contribution in [2.45, 2.75) is 78.9 Å². The van der Waals surface area contributed by atoms with Crippen molar-refractivity contribution < 1.29 is 15.1 Å². The second-order valence-corrected chi connectivity index (χ2v) is 11.5. The van der Waals surface area contributed by atoms with Gasteiger partial charge in [0.05, 0.1) is 10.6 Å². The molecule has 0 amide bonds. The summed E-state index contributed by atoms with van der Waals surface area (Å²) in [5.74, 6) is 0.306. The van der Waals surface area contributed by atoms with Crippen LogP contribution in [0.1, 0.15) is 75.1 Å². The van der Waals surface area contributed by atoms with Crippen LogP contribution >= 0.6 is 0 Å². The lowest BCUT2D eigenvalue weighted by Crippen LogP contribution is -2.24. The van der Waals surface area contributed by atoms with Gasteiger partial charge >= 0.3 is 0 Å². The van der Waals surface area contributed by atoms with Crippen LogP contribution in [0.5, 0.6) is 11.5 Å². The number of aromatic nitrogens is 1. The molecule has 0 aliphatic rings. The van der Waals surface area contributed by atoms with Crippen molar-refractivity contribution in [3.8, 4) is 11.5 Å². The lowest BCUT2D eigenvalue weighted by Gasteiger charge is -2.28. The molecule has 7 heteroatoms. The molecule has 0 aliphatic carbocycles. The average Bonchev–Trinajstić information content (AvgIpc) is 2.76. The molecule has 0 fully saturated rings. The summed E-state index contributed by atoms with van der Waals surface area (Å²) in [6.45, 7) is 15.0. The van der Waals surface area contributed by atoms with E-state index < -0.39 is 10.3 Å². The summed E-state index contributed by atoms with van der Waals surface area (Å²) in [6.07, 6.45) is 1.72. The Morgan fingerprint density at radius 1 is 0.861 bits per heavy atom. The highest BCUT2D eigenvalue weighted by molar-refractivity contribution is 5.52. The third-order valence-corrected chi connectivity index (χ3v) is 6.23. The Morgan fingerprint density at radius 3 is 1.92 bits per heavy atom. The first-order chi connectivity index (χ1) is 16.7. The van der Waals surface area contributed by atoms with Crippen molar-refractivity contribution in [3.63, 3.8) is 0 Å². The van der Waals surface area contributed by atoms with Gasteiger partial charge in [0, 0.05) is 54.7 Å². The quantitative estimate of drug-likeness (QED) is 0.289. The van der Waals surface area contributed by atoms with Crippen molar-refractivity contribution in [1.82, 2.24) is 9.88 Å². The van der Waals surface area contributed by atoms with Gasteiger partial charge in [-0.2, -0.15) is 0 Å². The minimum atomic E-state index is -0.479. The van der Waals surface area contributed by atoms with E-state index in [1.54, 1.807) is 6.20 Å². The molecule has 1 heterocycles. The maximum absolute atomic E-state index is 11.7. The number of pyridine rings is 1. The van der Waals surface area contributed by atoms with Crippen molar-refractivity contribution in [3.05, 3.63) is 92.3 Å². The summed E-state index contributed by atoms with van der Waals surface area (Å²) >= 11 is 0. The zero-order valence-electron chi connectivity index (χ0n) is 22.3. The van der Waals surface area contributed by atoms with E-state index >= 15 is 0 Å². The Labute approximate surface area is 213 Å². The zero-order valence-corrected chi connectivity index (χ0v) is 22.3. The fraction of sp³-hybridized carbons (Fsp3) is 0.414. The maximum atomic E-state index is 11.7. The topological polar surface area (TPSA) is 99.7 Å². The number of aromatic hydroxyl groups is 2. The number of aryl methyl sites for hydroxylation is 1. The SMILES string of the molecule is Cc1cc(CN(Cc2ccccn2)Cc2cc([N+](=O)[O-])cc(C(C)(C)C)c2O)c(O)c(C(C)(C)C)c1. The van der Waals surface area contributed by atoms with Gasteiger partial charge in [-0.05, 0) is 35.4 Å². The number of benzene rings is 2. The number of nitro benzene ring substituents is 1. The highest BCUT2D eigenvalue weighted by Crippen LogP contribution is 2.39. The predicted octanol–water partition coefficient (Wildman–Crippen LogP) is 6.51. The third kappa shape index (κ3) is 6.40.